The molecule has 20 heavy (non-hydrogen) atoms. The molecule has 0 spiro atoms. The molecule has 1 aromatic heterocycles. The van der Waals surface area contributed by atoms with Gasteiger partial charge in [-0.1, -0.05) is 12.1 Å². The number of fused-ring (bicyclic) bond motifs is 1. The fourth-order valence-electron chi connectivity index (χ4n) is 2.64. The predicted octanol–water partition coefficient (Wildman–Crippen LogP) is 2.59. The van der Waals surface area contributed by atoms with E-state index in [-0.39, 0.29) is 11.6 Å². The van der Waals surface area contributed by atoms with Crippen molar-refractivity contribution < 1.29 is 18.7 Å². The van der Waals surface area contributed by atoms with Gasteiger partial charge in [0.05, 0.1) is 0 Å². The van der Waals surface area contributed by atoms with E-state index in [0.29, 0.717) is 30.8 Å². The van der Waals surface area contributed by atoms with Crippen LogP contribution in [0, 0.1) is 11.6 Å². The molecule has 0 bridgehead atoms. The summed E-state index contributed by atoms with van der Waals surface area (Å²) in [6.45, 7) is 0.413. The van der Waals surface area contributed by atoms with Crippen LogP contribution in [0.4, 0.5) is 8.78 Å². The van der Waals surface area contributed by atoms with Crippen molar-refractivity contribution in [2.75, 3.05) is 0 Å². The van der Waals surface area contributed by atoms with Gasteiger partial charge in [0.15, 0.2) is 17.3 Å². The minimum atomic E-state index is -1.08. The standard InChI is InChI=1S/C14H12F2N2O2/c15-10-3-1-2-9(13(10)16)8-4-5-12-17-11(14(19)20)7-18(12)6-8/h1-3,7-8H,4-6H2,(H,19,20). The number of carboxylic acid groups (broad SMARTS) is 1. The monoisotopic (exact) mass is 278 g/mol. The molecule has 1 aliphatic heterocycles. The predicted molar refractivity (Wildman–Crippen MR) is 66.6 cm³/mol. The van der Waals surface area contributed by atoms with Gasteiger partial charge in [0, 0.05) is 25.1 Å². The first-order chi connectivity index (χ1) is 9.56. The highest BCUT2D eigenvalue weighted by atomic mass is 19.2. The van der Waals surface area contributed by atoms with E-state index in [4.69, 9.17) is 5.11 Å². The van der Waals surface area contributed by atoms with Gasteiger partial charge >= 0.3 is 5.97 Å². The highest BCUT2D eigenvalue weighted by Gasteiger charge is 2.25. The van der Waals surface area contributed by atoms with Gasteiger partial charge in [0.1, 0.15) is 5.82 Å². The van der Waals surface area contributed by atoms with Crippen LogP contribution < -0.4 is 0 Å². The maximum Gasteiger partial charge on any atom is 0.356 e. The molecule has 2 aromatic rings. The van der Waals surface area contributed by atoms with Crippen LogP contribution in [-0.2, 0) is 13.0 Å². The number of halogens is 2. The lowest BCUT2D eigenvalue weighted by molar-refractivity contribution is 0.0691. The van der Waals surface area contributed by atoms with Crippen molar-refractivity contribution in [2.24, 2.45) is 0 Å². The summed E-state index contributed by atoms with van der Waals surface area (Å²) in [6.07, 6.45) is 2.62. The molecule has 1 aliphatic rings. The van der Waals surface area contributed by atoms with Gasteiger partial charge in [-0.15, -0.1) is 0 Å². The number of carbonyl (C=O) groups is 1. The smallest absolute Gasteiger partial charge is 0.356 e. The van der Waals surface area contributed by atoms with Crippen molar-refractivity contribution in [3.05, 3.63) is 53.1 Å². The van der Waals surface area contributed by atoms with Gasteiger partial charge in [-0.25, -0.2) is 18.6 Å². The van der Waals surface area contributed by atoms with Crippen LogP contribution in [0.15, 0.2) is 24.4 Å². The SMILES string of the molecule is O=C(O)c1cn2c(n1)CCC(c1cccc(F)c1F)C2. The van der Waals surface area contributed by atoms with Crippen molar-refractivity contribution >= 4 is 5.97 Å². The average molecular weight is 278 g/mol. The summed E-state index contributed by atoms with van der Waals surface area (Å²) in [5, 5.41) is 8.91. The fourth-order valence-corrected chi connectivity index (χ4v) is 2.64. The molecule has 1 N–H and O–H groups in total. The zero-order valence-electron chi connectivity index (χ0n) is 10.5. The Kier molecular flexibility index (Phi) is 3.00. The van der Waals surface area contributed by atoms with Crippen molar-refractivity contribution in [1.82, 2.24) is 9.55 Å². The first-order valence-corrected chi connectivity index (χ1v) is 6.29. The lowest BCUT2D eigenvalue weighted by Crippen LogP contribution is -2.19. The molecule has 0 amide bonds. The fraction of sp³-hybridized carbons (Fsp3) is 0.286. The summed E-state index contributed by atoms with van der Waals surface area (Å²) < 4.78 is 28.8. The lowest BCUT2D eigenvalue weighted by Gasteiger charge is -2.24. The van der Waals surface area contributed by atoms with Crippen molar-refractivity contribution in [3.8, 4) is 0 Å². The first kappa shape index (κ1) is 12.8. The third-order valence-corrected chi connectivity index (χ3v) is 3.63. The molecule has 0 fully saturated rings. The zero-order valence-corrected chi connectivity index (χ0v) is 10.5. The molecule has 2 heterocycles. The number of rotatable bonds is 2. The number of hydrogen-bond acceptors (Lipinski definition) is 2. The zero-order chi connectivity index (χ0) is 14.3. The van der Waals surface area contributed by atoms with E-state index in [9.17, 15) is 13.6 Å². The van der Waals surface area contributed by atoms with E-state index < -0.39 is 17.6 Å². The number of nitrogens with zero attached hydrogens (tertiary/aromatic N) is 2. The Morgan fingerprint density at radius 2 is 2.20 bits per heavy atom. The molecule has 4 nitrogen and oxygen atoms in total. The van der Waals surface area contributed by atoms with E-state index in [0.717, 1.165) is 6.07 Å². The Morgan fingerprint density at radius 3 is 2.95 bits per heavy atom. The van der Waals surface area contributed by atoms with Crippen molar-refractivity contribution in [2.45, 2.75) is 25.3 Å². The molecule has 1 unspecified atom stereocenters. The van der Waals surface area contributed by atoms with Gasteiger partial charge < -0.3 is 9.67 Å². The summed E-state index contributed by atoms with van der Waals surface area (Å²) in [4.78, 5) is 14.9. The van der Waals surface area contributed by atoms with E-state index in [1.165, 1.54) is 12.3 Å². The van der Waals surface area contributed by atoms with Gasteiger partial charge in [-0.2, -0.15) is 0 Å². The van der Waals surface area contributed by atoms with Crippen LogP contribution in [0.3, 0.4) is 0 Å². The number of aryl methyl sites for hydroxylation is 1. The molecule has 0 saturated heterocycles. The Hall–Kier alpha value is -2.24. The van der Waals surface area contributed by atoms with Crippen LogP contribution in [0.1, 0.15) is 34.2 Å². The van der Waals surface area contributed by atoms with Crippen LogP contribution in [0.25, 0.3) is 0 Å². The topological polar surface area (TPSA) is 55.1 Å². The molecule has 3 rings (SSSR count). The van der Waals surface area contributed by atoms with E-state index in [1.807, 2.05) is 0 Å². The minimum Gasteiger partial charge on any atom is -0.476 e. The Balaban J connectivity index is 1.92. The third kappa shape index (κ3) is 2.07. The average Bonchev–Trinajstić information content (AvgIpc) is 2.85. The second-order valence-corrected chi connectivity index (χ2v) is 4.88. The molecule has 0 radical (unpaired) electrons. The Bertz CT molecular complexity index is 682. The van der Waals surface area contributed by atoms with E-state index >= 15 is 0 Å². The summed E-state index contributed by atoms with van der Waals surface area (Å²) in [6, 6.07) is 4.15. The molecular formula is C14H12F2N2O2. The number of carboxylic acids is 1. The van der Waals surface area contributed by atoms with Crippen molar-refractivity contribution in [1.29, 1.82) is 0 Å². The second-order valence-electron chi connectivity index (χ2n) is 4.88. The maximum atomic E-state index is 13.8. The normalized spacial score (nSPS) is 17.8. The highest BCUT2D eigenvalue weighted by molar-refractivity contribution is 5.85. The quantitative estimate of drug-likeness (QED) is 0.918. The summed E-state index contributed by atoms with van der Waals surface area (Å²) >= 11 is 0. The lowest BCUT2D eigenvalue weighted by atomic mass is 9.91. The first-order valence-electron chi connectivity index (χ1n) is 6.29. The Morgan fingerprint density at radius 1 is 1.40 bits per heavy atom. The van der Waals surface area contributed by atoms with Gasteiger partial charge in [-0.3, -0.25) is 0 Å². The highest BCUT2D eigenvalue weighted by Crippen LogP contribution is 2.31. The third-order valence-electron chi connectivity index (χ3n) is 3.63. The number of hydrogen-bond donors (Lipinski definition) is 1. The molecule has 1 atom stereocenters. The van der Waals surface area contributed by atoms with Crippen LogP contribution in [0.5, 0.6) is 0 Å². The van der Waals surface area contributed by atoms with Gasteiger partial charge in [-0.05, 0) is 18.1 Å². The molecule has 0 aliphatic carbocycles. The molecule has 1 aromatic carbocycles. The molecule has 6 heteroatoms. The van der Waals surface area contributed by atoms with E-state index in [2.05, 4.69) is 4.98 Å². The van der Waals surface area contributed by atoms with Crippen LogP contribution in [-0.4, -0.2) is 20.6 Å². The molecular weight excluding hydrogens is 266 g/mol. The maximum absolute atomic E-state index is 13.8. The van der Waals surface area contributed by atoms with Crippen molar-refractivity contribution in [3.63, 3.8) is 0 Å². The largest absolute Gasteiger partial charge is 0.476 e. The number of aromatic carboxylic acids is 1. The number of aromatic nitrogens is 2. The molecule has 0 saturated carbocycles. The van der Waals surface area contributed by atoms with Crippen LogP contribution in [0.2, 0.25) is 0 Å². The number of benzene rings is 1. The van der Waals surface area contributed by atoms with Gasteiger partial charge in [0.2, 0.25) is 0 Å². The summed E-state index contributed by atoms with van der Waals surface area (Å²) in [5.74, 6) is -2.26. The summed E-state index contributed by atoms with van der Waals surface area (Å²) in [7, 11) is 0. The Labute approximate surface area is 113 Å². The van der Waals surface area contributed by atoms with Gasteiger partial charge in [0.25, 0.3) is 0 Å². The number of imidazole rings is 1. The van der Waals surface area contributed by atoms with Crippen LogP contribution >= 0.6 is 0 Å². The second kappa shape index (κ2) is 4.70. The summed E-state index contributed by atoms with van der Waals surface area (Å²) in [5.41, 5.74) is 0.321. The minimum absolute atomic E-state index is 0.0136. The molecule has 104 valence electrons. The van der Waals surface area contributed by atoms with E-state index in [1.54, 1.807) is 10.6 Å².